The van der Waals surface area contributed by atoms with E-state index < -0.39 is 0 Å². The van der Waals surface area contributed by atoms with Crippen molar-refractivity contribution in [2.24, 2.45) is 0 Å². The fraction of sp³-hybridized carbons (Fsp3) is 0.368. The number of para-hydroxylation sites is 1. The van der Waals surface area contributed by atoms with Crippen LogP contribution in [-0.4, -0.2) is 13.1 Å². The van der Waals surface area contributed by atoms with Crippen LogP contribution in [0.4, 0.5) is 5.69 Å². The molecule has 2 aromatic rings. The van der Waals surface area contributed by atoms with Crippen LogP contribution in [0.1, 0.15) is 31.4 Å². The molecule has 0 aliphatic heterocycles. The average molecular weight is 282 g/mol. The van der Waals surface area contributed by atoms with E-state index in [0.29, 0.717) is 0 Å². The minimum Gasteiger partial charge on any atom is -0.367 e. The molecule has 0 saturated carbocycles. The number of nitrogens with zero attached hydrogens (tertiary/aromatic N) is 1. The summed E-state index contributed by atoms with van der Waals surface area (Å²) in [6, 6.07) is 19.6. The first-order valence-electron chi connectivity index (χ1n) is 7.92. The standard InChI is InChI=1S/C19H26N2/c1-3-14-20-15-17-10-12-18(13-11-17)16-21(4-2)19-8-6-5-7-9-19/h5-13,20H,3-4,14-16H2,1-2H3. The van der Waals surface area contributed by atoms with Crippen LogP contribution in [0, 0.1) is 0 Å². The molecule has 0 aliphatic rings. The SMILES string of the molecule is CCCNCc1ccc(CN(CC)c2ccccc2)cc1. The number of anilines is 1. The van der Waals surface area contributed by atoms with E-state index >= 15 is 0 Å². The molecule has 0 saturated heterocycles. The van der Waals surface area contributed by atoms with Crippen molar-refractivity contribution in [3.05, 3.63) is 65.7 Å². The molecule has 0 atom stereocenters. The summed E-state index contributed by atoms with van der Waals surface area (Å²) >= 11 is 0. The molecule has 21 heavy (non-hydrogen) atoms. The first kappa shape index (κ1) is 15.6. The Morgan fingerprint density at radius 2 is 1.52 bits per heavy atom. The predicted octanol–water partition coefficient (Wildman–Crippen LogP) is 4.21. The number of hydrogen-bond donors (Lipinski definition) is 1. The quantitative estimate of drug-likeness (QED) is 0.730. The van der Waals surface area contributed by atoms with Crippen LogP contribution in [0.5, 0.6) is 0 Å². The highest BCUT2D eigenvalue weighted by Crippen LogP contribution is 2.16. The van der Waals surface area contributed by atoms with Gasteiger partial charge in [0.25, 0.3) is 0 Å². The molecule has 0 bridgehead atoms. The van der Waals surface area contributed by atoms with Crippen molar-refractivity contribution in [1.29, 1.82) is 0 Å². The number of nitrogens with one attached hydrogen (secondary N) is 1. The van der Waals surface area contributed by atoms with Gasteiger partial charge < -0.3 is 10.2 Å². The molecule has 1 N–H and O–H groups in total. The van der Waals surface area contributed by atoms with Crippen molar-refractivity contribution in [2.45, 2.75) is 33.4 Å². The molecule has 2 nitrogen and oxygen atoms in total. The average Bonchev–Trinajstić information content (AvgIpc) is 2.55. The molecule has 112 valence electrons. The van der Waals surface area contributed by atoms with E-state index in [1.165, 1.54) is 23.2 Å². The van der Waals surface area contributed by atoms with Crippen molar-refractivity contribution in [2.75, 3.05) is 18.0 Å². The molecule has 0 aromatic heterocycles. The topological polar surface area (TPSA) is 15.3 Å². The van der Waals surface area contributed by atoms with E-state index in [-0.39, 0.29) is 0 Å². The molecule has 0 amide bonds. The third kappa shape index (κ3) is 4.91. The van der Waals surface area contributed by atoms with Gasteiger partial charge in [-0.3, -0.25) is 0 Å². The molecular formula is C19H26N2. The third-order valence-corrected chi connectivity index (χ3v) is 3.66. The van der Waals surface area contributed by atoms with Gasteiger partial charge >= 0.3 is 0 Å². The lowest BCUT2D eigenvalue weighted by Gasteiger charge is -2.23. The number of hydrogen-bond acceptors (Lipinski definition) is 2. The van der Waals surface area contributed by atoms with E-state index in [1.54, 1.807) is 0 Å². The third-order valence-electron chi connectivity index (χ3n) is 3.66. The Hall–Kier alpha value is -1.80. The maximum atomic E-state index is 3.44. The molecule has 2 rings (SSSR count). The van der Waals surface area contributed by atoms with Crippen molar-refractivity contribution in [1.82, 2.24) is 5.32 Å². The Labute approximate surface area is 128 Å². The highest BCUT2D eigenvalue weighted by molar-refractivity contribution is 5.46. The summed E-state index contributed by atoms with van der Waals surface area (Å²) < 4.78 is 0. The number of benzene rings is 2. The summed E-state index contributed by atoms with van der Waals surface area (Å²) in [5.41, 5.74) is 4.00. The molecule has 0 heterocycles. The van der Waals surface area contributed by atoms with Gasteiger partial charge in [-0.1, -0.05) is 49.4 Å². The molecule has 0 radical (unpaired) electrons. The lowest BCUT2D eigenvalue weighted by Crippen LogP contribution is -2.21. The van der Waals surface area contributed by atoms with Crippen molar-refractivity contribution < 1.29 is 0 Å². The zero-order chi connectivity index (χ0) is 14.9. The molecule has 0 unspecified atom stereocenters. The maximum absolute atomic E-state index is 3.44. The maximum Gasteiger partial charge on any atom is 0.0429 e. The van der Waals surface area contributed by atoms with Crippen LogP contribution in [-0.2, 0) is 13.1 Å². The van der Waals surface area contributed by atoms with Gasteiger partial charge in [0.2, 0.25) is 0 Å². The first-order valence-corrected chi connectivity index (χ1v) is 7.92. The Balaban J connectivity index is 1.95. The van der Waals surface area contributed by atoms with Crippen molar-refractivity contribution >= 4 is 5.69 Å². The van der Waals surface area contributed by atoms with E-state index in [1.807, 2.05) is 0 Å². The summed E-state index contributed by atoms with van der Waals surface area (Å²) in [6.45, 7) is 8.42. The van der Waals surface area contributed by atoms with Crippen molar-refractivity contribution in [3.63, 3.8) is 0 Å². The van der Waals surface area contributed by atoms with Crippen LogP contribution in [0.25, 0.3) is 0 Å². The van der Waals surface area contributed by atoms with Gasteiger partial charge in [-0.15, -0.1) is 0 Å². The minimum absolute atomic E-state index is 0.961. The highest BCUT2D eigenvalue weighted by Gasteiger charge is 2.04. The zero-order valence-corrected chi connectivity index (χ0v) is 13.2. The van der Waals surface area contributed by atoms with Gasteiger partial charge in [-0.2, -0.15) is 0 Å². The molecule has 2 heteroatoms. The fourth-order valence-electron chi connectivity index (χ4n) is 2.42. The van der Waals surface area contributed by atoms with Crippen LogP contribution in [0.2, 0.25) is 0 Å². The largest absolute Gasteiger partial charge is 0.367 e. The Morgan fingerprint density at radius 3 is 2.14 bits per heavy atom. The Kier molecular flexibility index (Phi) is 6.29. The second-order valence-corrected chi connectivity index (χ2v) is 5.34. The summed E-state index contributed by atoms with van der Waals surface area (Å²) in [5, 5.41) is 3.44. The van der Waals surface area contributed by atoms with Gasteiger partial charge in [0, 0.05) is 25.3 Å². The minimum atomic E-state index is 0.961. The molecule has 0 aliphatic carbocycles. The molecular weight excluding hydrogens is 256 g/mol. The Morgan fingerprint density at radius 1 is 0.857 bits per heavy atom. The van der Waals surface area contributed by atoms with E-state index in [2.05, 4.69) is 78.7 Å². The van der Waals surface area contributed by atoms with Gasteiger partial charge in [0.05, 0.1) is 0 Å². The van der Waals surface area contributed by atoms with Gasteiger partial charge in [-0.25, -0.2) is 0 Å². The van der Waals surface area contributed by atoms with Crippen LogP contribution < -0.4 is 10.2 Å². The van der Waals surface area contributed by atoms with Crippen molar-refractivity contribution in [3.8, 4) is 0 Å². The molecule has 0 fully saturated rings. The second kappa shape index (κ2) is 8.48. The summed E-state index contributed by atoms with van der Waals surface area (Å²) in [4.78, 5) is 2.39. The number of rotatable bonds is 8. The normalized spacial score (nSPS) is 10.6. The van der Waals surface area contributed by atoms with E-state index in [4.69, 9.17) is 0 Å². The lowest BCUT2D eigenvalue weighted by atomic mass is 10.1. The Bertz CT molecular complexity index is 505. The predicted molar refractivity (Wildman–Crippen MR) is 91.6 cm³/mol. The van der Waals surface area contributed by atoms with E-state index in [0.717, 1.165) is 26.2 Å². The monoisotopic (exact) mass is 282 g/mol. The summed E-state index contributed by atoms with van der Waals surface area (Å²) in [7, 11) is 0. The molecule has 0 spiro atoms. The van der Waals surface area contributed by atoms with Gasteiger partial charge in [-0.05, 0) is 43.1 Å². The summed E-state index contributed by atoms with van der Waals surface area (Å²) in [6.07, 6.45) is 1.18. The zero-order valence-electron chi connectivity index (χ0n) is 13.2. The highest BCUT2D eigenvalue weighted by atomic mass is 15.1. The van der Waals surface area contributed by atoms with Gasteiger partial charge in [0.15, 0.2) is 0 Å². The lowest BCUT2D eigenvalue weighted by molar-refractivity contribution is 0.675. The summed E-state index contributed by atoms with van der Waals surface area (Å²) in [5.74, 6) is 0. The fourth-order valence-corrected chi connectivity index (χ4v) is 2.42. The first-order chi connectivity index (χ1) is 10.3. The van der Waals surface area contributed by atoms with Crippen LogP contribution >= 0.6 is 0 Å². The smallest absolute Gasteiger partial charge is 0.0429 e. The molecule has 2 aromatic carbocycles. The second-order valence-electron chi connectivity index (χ2n) is 5.34. The van der Waals surface area contributed by atoms with Gasteiger partial charge in [0.1, 0.15) is 0 Å². The van der Waals surface area contributed by atoms with Crippen LogP contribution in [0.3, 0.4) is 0 Å². The van der Waals surface area contributed by atoms with Crippen LogP contribution in [0.15, 0.2) is 54.6 Å². The van der Waals surface area contributed by atoms with E-state index in [9.17, 15) is 0 Å².